The second kappa shape index (κ2) is 9.28. The molecule has 1 aromatic heterocycles. The van der Waals surface area contributed by atoms with Crippen molar-refractivity contribution in [1.82, 2.24) is 19.6 Å². The number of nitrogens with one attached hydrogen (secondary N) is 1. The summed E-state index contributed by atoms with van der Waals surface area (Å²) in [6.07, 6.45) is 3.21. The molecule has 7 nitrogen and oxygen atoms in total. The summed E-state index contributed by atoms with van der Waals surface area (Å²) in [5.41, 5.74) is 1.75. The number of carbonyl (C=O) groups excluding carboxylic acids is 2. The average Bonchev–Trinajstić information content (AvgIpc) is 3.26. The van der Waals surface area contributed by atoms with Gasteiger partial charge in [0, 0.05) is 38.1 Å². The van der Waals surface area contributed by atoms with Crippen molar-refractivity contribution in [2.24, 2.45) is 0 Å². The maximum atomic E-state index is 13.0. The first-order chi connectivity index (χ1) is 15.0. The lowest BCUT2D eigenvalue weighted by molar-refractivity contribution is -0.117. The van der Waals surface area contributed by atoms with Crippen LogP contribution in [0.15, 0.2) is 60.9 Å². The van der Waals surface area contributed by atoms with E-state index < -0.39 is 0 Å². The average molecular weight is 442 g/mol. The number of aromatic nitrogens is 2. The SMILES string of the molecule is O=C(CN1CCN(C(=O)c2cnn(-c3ccccc3Cl)c2)CC1)Nc1ccc(F)cc1. The lowest BCUT2D eigenvalue weighted by Gasteiger charge is -2.34. The zero-order chi connectivity index (χ0) is 21.8. The van der Waals surface area contributed by atoms with Crippen molar-refractivity contribution in [3.05, 3.63) is 77.3 Å². The van der Waals surface area contributed by atoms with Crippen LogP contribution in [0.4, 0.5) is 10.1 Å². The van der Waals surface area contributed by atoms with Crippen LogP contribution in [0, 0.1) is 5.82 Å². The third kappa shape index (κ3) is 5.10. The molecule has 1 saturated heterocycles. The summed E-state index contributed by atoms with van der Waals surface area (Å²) >= 11 is 6.20. The maximum Gasteiger partial charge on any atom is 0.257 e. The Morgan fingerprint density at radius 3 is 2.45 bits per heavy atom. The van der Waals surface area contributed by atoms with Gasteiger partial charge in [-0.15, -0.1) is 0 Å². The number of hydrogen-bond donors (Lipinski definition) is 1. The van der Waals surface area contributed by atoms with E-state index in [-0.39, 0.29) is 24.2 Å². The van der Waals surface area contributed by atoms with Crippen molar-refractivity contribution in [3.8, 4) is 5.69 Å². The molecule has 2 aromatic carbocycles. The molecule has 0 saturated carbocycles. The molecule has 9 heteroatoms. The lowest BCUT2D eigenvalue weighted by atomic mass is 10.2. The van der Waals surface area contributed by atoms with Gasteiger partial charge in [0.1, 0.15) is 5.82 Å². The molecule has 0 radical (unpaired) electrons. The Morgan fingerprint density at radius 2 is 1.74 bits per heavy atom. The summed E-state index contributed by atoms with van der Waals surface area (Å²) < 4.78 is 14.6. The molecule has 2 heterocycles. The first kappa shape index (κ1) is 21.0. The molecule has 2 amide bonds. The van der Waals surface area contributed by atoms with Gasteiger partial charge in [0.25, 0.3) is 5.91 Å². The van der Waals surface area contributed by atoms with Crippen LogP contribution in [0.3, 0.4) is 0 Å². The lowest BCUT2D eigenvalue weighted by Crippen LogP contribution is -2.50. The van der Waals surface area contributed by atoms with Gasteiger partial charge < -0.3 is 10.2 Å². The second-order valence-electron chi connectivity index (χ2n) is 7.25. The Kier molecular flexibility index (Phi) is 6.29. The molecule has 1 aliphatic heterocycles. The minimum Gasteiger partial charge on any atom is -0.336 e. The third-order valence-corrected chi connectivity index (χ3v) is 5.40. The van der Waals surface area contributed by atoms with Crippen LogP contribution in [0.5, 0.6) is 0 Å². The molecule has 31 heavy (non-hydrogen) atoms. The summed E-state index contributed by atoms with van der Waals surface area (Å²) in [4.78, 5) is 28.8. The summed E-state index contributed by atoms with van der Waals surface area (Å²) in [5, 5.41) is 7.56. The first-order valence-corrected chi connectivity index (χ1v) is 10.2. The van der Waals surface area contributed by atoms with E-state index in [1.54, 1.807) is 21.8 Å². The van der Waals surface area contributed by atoms with Gasteiger partial charge in [-0.25, -0.2) is 9.07 Å². The van der Waals surface area contributed by atoms with Gasteiger partial charge in [0.15, 0.2) is 0 Å². The number of benzene rings is 2. The fraction of sp³-hybridized carbons (Fsp3) is 0.227. The van der Waals surface area contributed by atoms with E-state index in [1.165, 1.54) is 30.5 Å². The molecule has 0 bridgehead atoms. The normalized spacial score (nSPS) is 14.5. The van der Waals surface area contributed by atoms with Crippen molar-refractivity contribution < 1.29 is 14.0 Å². The van der Waals surface area contributed by atoms with Crippen molar-refractivity contribution in [2.45, 2.75) is 0 Å². The van der Waals surface area contributed by atoms with Crippen LogP contribution in [-0.2, 0) is 4.79 Å². The largest absolute Gasteiger partial charge is 0.336 e. The molecular weight excluding hydrogens is 421 g/mol. The number of amides is 2. The van der Waals surface area contributed by atoms with Gasteiger partial charge in [0.2, 0.25) is 5.91 Å². The van der Waals surface area contributed by atoms with E-state index in [4.69, 9.17) is 11.6 Å². The predicted octanol–water partition coefficient (Wildman–Crippen LogP) is 3.06. The number of nitrogens with zero attached hydrogens (tertiary/aromatic N) is 4. The topological polar surface area (TPSA) is 70.5 Å². The fourth-order valence-electron chi connectivity index (χ4n) is 3.43. The van der Waals surface area contributed by atoms with Crippen molar-refractivity contribution in [1.29, 1.82) is 0 Å². The van der Waals surface area contributed by atoms with E-state index in [1.807, 2.05) is 23.1 Å². The molecular formula is C22H21ClFN5O2. The highest BCUT2D eigenvalue weighted by atomic mass is 35.5. The second-order valence-corrected chi connectivity index (χ2v) is 7.66. The Bertz CT molecular complexity index is 1080. The summed E-state index contributed by atoms with van der Waals surface area (Å²) in [5.74, 6) is -0.627. The minimum atomic E-state index is -0.351. The summed E-state index contributed by atoms with van der Waals surface area (Å²) in [6.45, 7) is 2.41. The van der Waals surface area contributed by atoms with Gasteiger partial charge >= 0.3 is 0 Å². The molecule has 3 aromatic rings. The number of rotatable bonds is 5. The van der Waals surface area contributed by atoms with Crippen molar-refractivity contribution in [2.75, 3.05) is 38.0 Å². The molecule has 1 N–H and O–H groups in total. The van der Waals surface area contributed by atoms with Crippen LogP contribution >= 0.6 is 11.6 Å². The minimum absolute atomic E-state index is 0.103. The van der Waals surface area contributed by atoms with Gasteiger partial charge in [-0.2, -0.15) is 5.10 Å². The maximum absolute atomic E-state index is 13.0. The zero-order valence-corrected chi connectivity index (χ0v) is 17.4. The van der Waals surface area contributed by atoms with E-state index in [0.717, 1.165) is 0 Å². The molecule has 160 valence electrons. The number of hydrogen-bond acceptors (Lipinski definition) is 4. The highest BCUT2D eigenvalue weighted by Crippen LogP contribution is 2.20. The number of anilines is 1. The van der Waals surface area contributed by atoms with E-state index in [0.29, 0.717) is 48.1 Å². The number of piperazine rings is 1. The summed E-state index contributed by atoms with van der Waals surface area (Å²) in [6, 6.07) is 12.9. The van der Waals surface area contributed by atoms with Gasteiger partial charge in [-0.1, -0.05) is 23.7 Å². The molecule has 1 fully saturated rings. The fourth-order valence-corrected chi connectivity index (χ4v) is 3.65. The number of para-hydroxylation sites is 1. The zero-order valence-electron chi connectivity index (χ0n) is 16.7. The highest BCUT2D eigenvalue weighted by Gasteiger charge is 2.24. The van der Waals surface area contributed by atoms with Crippen molar-refractivity contribution >= 4 is 29.1 Å². The molecule has 4 rings (SSSR count). The quantitative estimate of drug-likeness (QED) is 0.660. The third-order valence-electron chi connectivity index (χ3n) is 5.08. The Hall–Kier alpha value is -3.23. The van der Waals surface area contributed by atoms with Crippen molar-refractivity contribution in [3.63, 3.8) is 0 Å². The predicted molar refractivity (Wildman–Crippen MR) is 116 cm³/mol. The standard InChI is InChI=1S/C22H21ClFN5O2/c23-19-3-1-2-4-20(19)29-14-16(13-25-29)22(31)28-11-9-27(10-12-28)15-21(30)26-18-7-5-17(24)6-8-18/h1-8,13-14H,9-12,15H2,(H,26,30). The van der Waals surface area contributed by atoms with Crippen LogP contribution < -0.4 is 5.32 Å². The number of halogens is 2. The van der Waals surface area contributed by atoms with Gasteiger partial charge in [0.05, 0.1) is 29.0 Å². The Labute approximate surface area is 184 Å². The molecule has 0 unspecified atom stereocenters. The van der Waals surface area contributed by atoms with Crippen LogP contribution in [0.25, 0.3) is 5.69 Å². The molecule has 0 atom stereocenters. The first-order valence-electron chi connectivity index (χ1n) is 9.86. The Morgan fingerprint density at radius 1 is 1.03 bits per heavy atom. The van der Waals surface area contributed by atoms with E-state index in [2.05, 4.69) is 10.4 Å². The summed E-state index contributed by atoms with van der Waals surface area (Å²) in [7, 11) is 0. The smallest absolute Gasteiger partial charge is 0.257 e. The Balaban J connectivity index is 1.29. The van der Waals surface area contributed by atoms with E-state index in [9.17, 15) is 14.0 Å². The van der Waals surface area contributed by atoms with Crippen LogP contribution in [0.2, 0.25) is 5.02 Å². The van der Waals surface area contributed by atoms with Crippen LogP contribution in [0.1, 0.15) is 10.4 Å². The van der Waals surface area contributed by atoms with Crippen LogP contribution in [-0.4, -0.2) is 64.1 Å². The molecule has 1 aliphatic rings. The highest BCUT2D eigenvalue weighted by molar-refractivity contribution is 6.32. The van der Waals surface area contributed by atoms with Gasteiger partial charge in [-0.3, -0.25) is 14.5 Å². The van der Waals surface area contributed by atoms with E-state index >= 15 is 0 Å². The molecule has 0 aliphatic carbocycles. The molecule has 0 spiro atoms. The number of carbonyl (C=O) groups is 2. The van der Waals surface area contributed by atoms with Gasteiger partial charge in [-0.05, 0) is 36.4 Å². The monoisotopic (exact) mass is 441 g/mol.